The first-order valence-corrected chi connectivity index (χ1v) is 6.36. The van der Waals surface area contributed by atoms with Gasteiger partial charge in [-0.3, -0.25) is 5.43 Å². The molecule has 0 heterocycles. The fourth-order valence-electron chi connectivity index (χ4n) is 2.44. The number of nitrogens with one attached hydrogen (secondary N) is 1. The maximum atomic E-state index is 13.4. The minimum atomic E-state index is -0.615. The van der Waals surface area contributed by atoms with Gasteiger partial charge in [-0.25, -0.2) is 8.78 Å². The van der Waals surface area contributed by atoms with Crippen LogP contribution in [0.3, 0.4) is 0 Å². The van der Waals surface area contributed by atoms with Gasteiger partial charge < -0.3 is 0 Å². The lowest BCUT2D eigenvalue weighted by atomic mass is 9.81. The van der Waals surface area contributed by atoms with Crippen LogP contribution in [0.25, 0.3) is 0 Å². The SMILES string of the molecule is C[C@@H]1CCC[C@H](C)C1=NNc1ccc(F)cc1F. The molecule has 1 aliphatic carbocycles. The van der Waals surface area contributed by atoms with Crippen molar-refractivity contribution in [1.82, 2.24) is 0 Å². The summed E-state index contributed by atoms with van der Waals surface area (Å²) in [7, 11) is 0. The van der Waals surface area contributed by atoms with Crippen LogP contribution in [0.1, 0.15) is 33.1 Å². The molecule has 2 atom stereocenters. The van der Waals surface area contributed by atoms with E-state index in [1.165, 1.54) is 18.6 Å². The summed E-state index contributed by atoms with van der Waals surface area (Å²) < 4.78 is 26.2. The molecule has 1 aliphatic rings. The van der Waals surface area contributed by atoms with Gasteiger partial charge in [0, 0.05) is 11.8 Å². The van der Waals surface area contributed by atoms with Gasteiger partial charge in [-0.05, 0) is 36.8 Å². The van der Waals surface area contributed by atoms with E-state index in [1.807, 2.05) is 0 Å². The Morgan fingerprint density at radius 2 is 1.83 bits per heavy atom. The van der Waals surface area contributed by atoms with Crippen LogP contribution in [0.2, 0.25) is 0 Å². The quantitative estimate of drug-likeness (QED) is 0.784. The summed E-state index contributed by atoms with van der Waals surface area (Å²) >= 11 is 0. The lowest BCUT2D eigenvalue weighted by Crippen LogP contribution is -2.25. The average molecular weight is 252 g/mol. The zero-order chi connectivity index (χ0) is 13.1. The Morgan fingerprint density at radius 3 is 2.44 bits per heavy atom. The third-order valence-corrected chi connectivity index (χ3v) is 3.52. The molecule has 98 valence electrons. The highest BCUT2D eigenvalue weighted by molar-refractivity contribution is 5.89. The zero-order valence-corrected chi connectivity index (χ0v) is 10.7. The first-order valence-electron chi connectivity index (χ1n) is 6.36. The van der Waals surface area contributed by atoms with E-state index in [9.17, 15) is 8.78 Å². The molecule has 1 saturated carbocycles. The summed E-state index contributed by atoms with van der Waals surface area (Å²) in [6, 6.07) is 3.45. The summed E-state index contributed by atoms with van der Waals surface area (Å²) in [6.07, 6.45) is 3.46. The van der Waals surface area contributed by atoms with Gasteiger partial charge in [-0.2, -0.15) is 5.10 Å². The fraction of sp³-hybridized carbons (Fsp3) is 0.500. The van der Waals surface area contributed by atoms with E-state index in [0.717, 1.165) is 24.6 Å². The van der Waals surface area contributed by atoms with Crippen molar-refractivity contribution in [3.8, 4) is 0 Å². The zero-order valence-electron chi connectivity index (χ0n) is 10.7. The lowest BCUT2D eigenvalue weighted by molar-refractivity contribution is 0.486. The molecule has 18 heavy (non-hydrogen) atoms. The smallest absolute Gasteiger partial charge is 0.151 e. The molecule has 1 fully saturated rings. The van der Waals surface area contributed by atoms with Gasteiger partial charge in [0.1, 0.15) is 5.82 Å². The minimum Gasteiger partial charge on any atom is -0.276 e. The molecule has 2 nitrogen and oxygen atoms in total. The minimum absolute atomic E-state index is 0.217. The lowest BCUT2D eigenvalue weighted by Gasteiger charge is -2.26. The summed E-state index contributed by atoms with van der Waals surface area (Å²) in [6.45, 7) is 4.27. The monoisotopic (exact) mass is 252 g/mol. The van der Waals surface area contributed by atoms with E-state index in [0.29, 0.717) is 11.8 Å². The number of nitrogens with zero attached hydrogens (tertiary/aromatic N) is 1. The molecule has 1 N–H and O–H groups in total. The summed E-state index contributed by atoms with van der Waals surface area (Å²) in [5.41, 5.74) is 4.01. The van der Waals surface area contributed by atoms with E-state index in [2.05, 4.69) is 24.4 Å². The highest BCUT2D eigenvalue weighted by Gasteiger charge is 2.22. The van der Waals surface area contributed by atoms with Crippen molar-refractivity contribution in [2.75, 3.05) is 5.43 Å². The van der Waals surface area contributed by atoms with Crippen LogP contribution in [0.15, 0.2) is 23.3 Å². The highest BCUT2D eigenvalue weighted by atomic mass is 19.1. The Kier molecular flexibility index (Phi) is 3.94. The predicted octanol–water partition coefficient (Wildman–Crippen LogP) is 4.19. The number of anilines is 1. The second-order valence-electron chi connectivity index (χ2n) is 5.01. The molecule has 1 aromatic rings. The molecule has 0 bridgehead atoms. The highest BCUT2D eigenvalue weighted by Crippen LogP contribution is 2.26. The molecule has 0 aromatic heterocycles. The molecule has 0 radical (unpaired) electrons. The summed E-state index contributed by atoms with van der Waals surface area (Å²) in [5.74, 6) is -0.352. The first-order chi connectivity index (χ1) is 8.58. The largest absolute Gasteiger partial charge is 0.276 e. The normalized spacial score (nSPS) is 26.3. The maximum absolute atomic E-state index is 13.4. The fourth-order valence-corrected chi connectivity index (χ4v) is 2.44. The van der Waals surface area contributed by atoms with E-state index < -0.39 is 11.6 Å². The topological polar surface area (TPSA) is 24.4 Å². The van der Waals surface area contributed by atoms with E-state index >= 15 is 0 Å². The molecule has 0 spiro atoms. The van der Waals surface area contributed by atoms with Crippen molar-refractivity contribution in [2.24, 2.45) is 16.9 Å². The van der Waals surface area contributed by atoms with Gasteiger partial charge in [0.15, 0.2) is 5.82 Å². The molecule has 4 heteroatoms. The standard InChI is InChI=1S/C14H18F2N2/c1-9-4-3-5-10(2)14(9)18-17-13-7-6-11(15)8-12(13)16/h6-10,17H,3-5H2,1-2H3/t9-,10+. The predicted molar refractivity (Wildman–Crippen MR) is 69.6 cm³/mol. The third-order valence-electron chi connectivity index (χ3n) is 3.52. The molecule has 0 saturated heterocycles. The molecular formula is C14H18F2N2. The van der Waals surface area contributed by atoms with E-state index in [1.54, 1.807) is 0 Å². The molecule has 0 aliphatic heterocycles. The van der Waals surface area contributed by atoms with Crippen molar-refractivity contribution in [3.63, 3.8) is 0 Å². The van der Waals surface area contributed by atoms with Gasteiger partial charge in [0.05, 0.1) is 5.69 Å². The maximum Gasteiger partial charge on any atom is 0.151 e. The average Bonchev–Trinajstić information content (AvgIpc) is 2.31. The van der Waals surface area contributed by atoms with Gasteiger partial charge >= 0.3 is 0 Å². The van der Waals surface area contributed by atoms with Crippen molar-refractivity contribution in [3.05, 3.63) is 29.8 Å². The van der Waals surface area contributed by atoms with Crippen molar-refractivity contribution in [1.29, 1.82) is 0 Å². The van der Waals surface area contributed by atoms with Gasteiger partial charge in [-0.15, -0.1) is 0 Å². The van der Waals surface area contributed by atoms with Crippen molar-refractivity contribution in [2.45, 2.75) is 33.1 Å². The van der Waals surface area contributed by atoms with Crippen molar-refractivity contribution < 1.29 is 8.78 Å². The Morgan fingerprint density at radius 1 is 1.17 bits per heavy atom. The van der Waals surface area contributed by atoms with Crippen molar-refractivity contribution >= 4 is 11.4 Å². The van der Waals surface area contributed by atoms with Gasteiger partial charge in [-0.1, -0.05) is 20.3 Å². The Hall–Kier alpha value is -1.45. The van der Waals surface area contributed by atoms with Crippen LogP contribution in [0, 0.1) is 23.5 Å². The first kappa shape index (κ1) is 13.0. The number of hydrazone groups is 1. The van der Waals surface area contributed by atoms with Crippen LogP contribution in [0.5, 0.6) is 0 Å². The van der Waals surface area contributed by atoms with Crippen LogP contribution in [0.4, 0.5) is 14.5 Å². The van der Waals surface area contributed by atoms with Crippen LogP contribution < -0.4 is 5.43 Å². The Labute approximate surface area is 106 Å². The van der Waals surface area contributed by atoms with Crippen LogP contribution in [-0.4, -0.2) is 5.71 Å². The van der Waals surface area contributed by atoms with E-state index in [4.69, 9.17) is 0 Å². The molecule has 0 unspecified atom stereocenters. The number of benzene rings is 1. The van der Waals surface area contributed by atoms with Gasteiger partial charge in [0.25, 0.3) is 0 Å². The summed E-state index contributed by atoms with van der Waals surface area (Å²) in [4.78, 5) is 0. The number of hydrogen-bond acceptors (Lipinski definition) is 2. The molecule has 0 amide bonds. The van der Waals surface area contributed by atoms with Crippen LogP contribution >= 0.6 is 0 Å². The molecule has 2 rings (SSSR count). The Bertz CT molecular complexity index is 445. The van der Waals surface area contributed by atoms with Crippen LogP contribution in [-0.2, 0) is 0 Å². The summed E-state index contributed by atoms with van der Waals surface area (Å²) in [5, 5.41) is 4.31. The Balaban J connectivity index is 2.13. The molecular weight excluding hydrogens is 234 g/mol. The molecule has 1 aromatic carbocycles. The third kappa shape index (κ3) is 2.86. The van der Waals surface area contributed by atoms with Gasteiger partial charge in [0.2, 0.25) is 0 Å². The number of halogens is 2. The second-order valence-corrected chi connectivity index (χ2v) is 5.01. The number of hydrogen-bond donors (Lipinski definition) is 1. The number of rotatable bonds is 2. The second kappa shape index (κ2) is 5.46. The van der Waals surface area contributed by atoms with E-state index in [-0.39, 0.29) is 5.69 Å².